The Morgan fingerprint density at radius 1 is 0.682 bits per heavy atom. The van der Waals surface area contributed by atoms with Gasteiger partial charge in [0.25, 0.3) is 29.3 Å². The van der Waals surface area contributed by atoms with Crippen molar-refractivity contribution in [3.05, 3.63) is 59.2 Å². The van der Waals surface area contributed by atoms with Crippen molar-refractivity contribution in [1.29, 1.82) is 0 Å². The van der Waals surface area contributed by atoms with Gasteiger partial charge < -0.3 is 91.2 Å². The molecule has 1 fully saturated rings. The minimum Gasteiger partial charge on any atom is -0.493 e. The molecule has 244 valence electrons. The number of carbonyl (C=O) groups is 1. The molecule has 0 aromatic heterocycles. The van der Waals surface area contributed by atoms with E-state index in [2.05, 4.69) is 0 Å². The van der Waals surface area contributed by atoms with E-state index in [1.165, 1.54) is 6.07 Å². The summed E-state index contributed by atoms with van der Waals surface area (Å²) in [5, 5.41) is 175. The standard InChI is InChI=1S/C24H29NO19/c1-43-13-8-11-12(9-14(13)44-2)17(28,29)16(27,15(11)26)20(33,34)19(32)21(35,36)23(39,40)25(24(41,42)22(19,37)38)18(30,31)10-6-4-3-5-7-10/h3-9,27-42H,1-2H3. The zero-order valence-electron chi connectivity index (χ0n) is 22.4. The Morgan fingerprint density at radius 2 is 1.11 bits per heavy atom. The van der Waals surface area contributed by atoms with E-state index < -0.39 is 85.2 Å². The molecule has 1 saturated heterocycles. The van der Waals surface area contributed by atoms with E-state index in [1.54, 1.807) is 0 Å². The molecule has 1 atom stereocenters. The van der Waals surface area contributed by atoms with Crippen molar-refractivity contribution in [2.24, 2.45) is 0 Å². The Bertz CT molecular complexity index is 1460. The Labute approximate surface area is 244 Å². The monoisotopic (exact) mass is 635 g/mol. The van der Waals surface area contributed by atoms with Crippen LogP contribution < -0.4 is 9.47 Å². The van der Waals surface area contributed by atoms with Crippen molar-refractivity contribution in [2.75, 3.05) is 14.2 Å². The van der Waals surface area contributed by atoms with Gasteiger partial charge in [0.1, 0.15) is 0 Å². The number of nitrogens with zero attached hydrogens (tertiary/aromatic N) is 1. The third kappa shape index (κ3) is 3.44. The number of aliphatic hydroxyl groups is 16. The number of benzene rings is 2. The molecule has 0 amide bonds. The van der Waals surface area contributed by atoms with E-state index in [-0.39, 0.29) is 5.75 Å². The highest BCUT2D eigenvalue weighted by molar-refractivity contribution is 6.09. The summed E-state index contributed by atoms with van der Waals surface area (Å²) in [6, 6.07) is 5.97. The van der Waals surface area contributed by atoms with Gasteiger partial charge in [0, 0.05) is 16.7 Å². The van der Waals surface area contributed by atoms with Gasteiger partial charge in [-0.1, -0.05) is 30.3 Å². The number of fused-ring (bicyclic) bond motifs is 1. The van der Waals surface area contributed by atoms with Crippen molar-refractivity contribution < 1.29 is 96.0 Å². The molecule has 1 aliphatic heterocycles. The average Bonchev–Trinajstić information content (AvgIpc) is 3.08. The van der Waals surface area contributed by atoms with Crippen LogP contribution in [0.4, 0.5) is 0 Å². The fourth-order valence-electron chi connectivity index (χ4n) is 5.54. The van der Waals surface area contributed by atoms with Gasteiger partial charge in [-0.2, -0.15) is 0 Å². The number of rotatable bonds is 6. The molecule has 0 bridgehead atoms. The van der Waals surface area contributed by atoms with Crippen LogP contribution in [-0.2, 0) is 11.7 Å². The van der Waals surface area contributed by atoms with E-state index in [0.717, 1.165) is 38.5 Å². The quantitative estimate of drug-likeness (QED) is 0.131. The summed E-state index contributed by atoms with van der Waals surface area (Å²) in [6.07, 6.45) is 0. The van der Waals surface area contributed by atoms with Crippen LogP contribution >= 0.6 is 0 Å². The van der Waals surface area contributed by atoms with E-state index in [4.69, 9.17) is 9.47 Å². The Morgan fingerprint density at radius 3 is 1.55 bits per heavy atom. The van der Waals surface area contributed by atoms with Crippen LogP contribution in [0.25, 0.3) is 0 Å². The van der Waals surface area contributed by atoms with E-state index in [1.807, 2.05) is 0 Å². The molecule has 2 aliphatic rings. The number of hydrogen-bond acceptors (Lipinski definition) is 20. The van der Waals surface area contributed by atoms with E-state index in [9.17, 15) is 86.5 Å². The predicted molar refractivity (Wildman–Crippen MR) is 130 cm³/mol. The largest absolute Gasteiger partial charge is 0.493 e. The predicted octanol–water partition coefficient (Wildman–Crippen LogP) is -8.07. The van der Waals surface area contributed by atoms with Gasteiger partial charge >= 0.3 is 0 Å². The van der Waals surface area contributed by atoms with Crippen molar-refractivity contribution in [1.82, 2.24) is 4.90 Å². The number of methoxy groups -OCH3 is 2. The first-order chi connectivity index (χ1) is 19.7. The highest BCUT2D eigenvalue weighted by Gasteiger charge is 2.96. The molecular weight excluding hydrogens is 606 g/mol. The number of Topliss-reactive ketones (excluding diaryl/α,β-unsaturated/α-hetero) is 1. The lowest BCUT2D eigenvalue weighted by atomic mass is 9.62. The van der Waals surface area contributed by atoms with Crippen molar-refractivity contribution in [3.8, 4) is 11.5 Å². The zero-order chi connectivity index (χ0) is 33.9. The molecule has 1 aliphatic carbocycles. The summed E-state index contributed by atoms with van der Waals surface area (Å²) >= 11 is 0. The molecule has 0 saturated carbocycles. The highest BCUT2D eigenvalue weighted by Crippen LogP contribution is 2.61. The van der Waals surface area contributed by atoms with Crippen LogP contribution in [0.2, 0.25) is 0 Å². The number of ether oxygens (including phenoxy) is 2. The maximum atomic E-state index is 13.4. The van der Waals surface area contributed by atoms with Gasteiger partial charge in [-0.3, -0.25) is 4.79 Å². The van der Waals surface area contributed by atoms with Crippen LogP contribution in [-0.4, -0.2) is 147 Å². The average molecular weight is 635 g/mol. The second-order valence-electron chi connectivity index (χ2n) is 10.3. The molecule has 2 aromatic rings. The van der Waals surface area contributed by atoms with Crippen molar-refractivity contribution in [3.63, 3.8) is 0 Å². The summed E-state index contributed by atoms with van der Waals surface area (Å²) in [7, 11) is 2.04. The molecule has 0 spiro atoms. The van der Waals surface area contributed by atoms with E-state index in [0.29, 0.717) is 12.1 Å². The molecule has 2 aromatic carbocycles. The summed E-state index contributed by atoms with van der Waals surface area (Å²) < 4.78 is 9.85. The lowest BCUT2D eigenvalue weighted by Gasteiger charge is -2.67. The molecule has 1 heterocycles. The lowest BCUT2D eigenvalue weighted by Crippen LogP contribution is -3.00. The number of carbonyl (C=O) groups excluding carboxylic acids is 1. The summed E-state index contributed by atoms with van der Waals surface area (Å²) in [5.41, 5.74) is -14.0. The van der Waals surface area contributed by atoms with Crippen molar-refractivity contribution in [2.45, 2.75) is 52.1 Å². The zero-order valence-corrected chi connectivity index (χ0v) is 22.4. The smallest absolute Gasteiger partial charge is 0.294 e. The molecule has 1 unspecified atom stereocenters. The second kappa shape index (κ2) is 9.29. The van der Waals surface area contributed by atoms with Gasteiger partial charge in [-0.05, 0) is 12.1 Å². The van der Waals surface area contributed by atoms with Crippen molar-refractivity contribution >= 4 is 5.78 Å². The third-order valence-electron chi connectivity index (χ3n) is 8.03. The fourth-order valence-corrected chi connectivity index (χ4v) is 5.54. The van der Waals surface area contributed by atoms with Gasteiger partial charge in [0.05, 0.1) is 14.2 Å². The SMILES string of the molecule is COc1cc2c(cc1OC)C(O)(O)C(O)(C(O)(O)C1(O)C(O)(O)C(O)(O)N(C(O)(O)c3ccccc3)C(O)(O)C1(O)O)C2=O. The highest BCUT2D eigenvalue weighted by atomic mass is 16.7. The molecule has 16 N–H and O–H groups in total. The molecule has 0 radical (unpaired) electrons. The summed E-state index contributed by atoms with van der Waals surface area (Å²) in [6.45, 7) is 0. The van der Waals surface area contributed by atoms with Gasteiger partial charge in [-0.15, -0.1) is 4.90 Å². The lowest BCUT2D eigenvalue weighted by molar-refractivity contribution is -0.650. The van der Waals surface area contributed by atoms with Crippen LogP contribution in [0, 0.1) is 0 Å². The van der Waals surface area contributed by atoms with Crippen LogP contribution in [0.1, 0.15) is 21.5 Å². The maximum Gasteiger partial charge on any atom is 0.294 e. The second-order valence-corrected chi connectivity index (χ2v) is 10.3. The topological polar surface area (TPSA) is 362 Å². The van der Waals surface area contributed by atoms with Crippen LogP contribution in [0.3, 0.4) is 0 Å². The Hall–Kier alpha value is -2.97. The summed E-state index contributed by atoms with van der Waals surface area (Å²) in [5.74, 6) is -39.3. The third-order valence-corrected chi connectivity index (χ3v) is 8.03. The summed E-state index contributed by atoms with van der Waals surface area (Å²) in [4.78, 5) is 12.0. The molecule has 44 heavy (non-hydrogen) atoms. The Kier molecular flexibility index (Phi) is 7.16. The van der Waals surface area contributed by atoms with Crippen LogP contribution in [0.5, 0.6) is 11.5 Å². The van der Waals surface area contributed by atoms with Crippen LogP contribution in [0.15, 0.2) is 42.5 Å². The molecule has 4 rings (SSSR count). The van der Waals surface area contributed by atoms with E-state index >= 15 is 0 Å². The van der Waals surface area contributed by atoms with Gasteiger partial charge in [0.2, 0.25) is 28.6 Å². The number of hydrogen-bond donors (Lipinski definition) is 16. The molecule has 20 nitrogen and oxygen atoms in total. The Balaban J connectivity index is 2.04. The van der Waals surface area contributed by atoms with Gasteiger partial charge in [-0.25, -0.2) is 0 Å². The first-order valence-corrected chi connectivity index (χ1v) is 12.0. The minimum absolute atomic E-state index is 0.372. The molecule has 20 heteroatoms. The number of likely N-dealkylation sites (tertiary alicyclic amines) is 1. The normalized spacial score (nSPS) is 26.6. The molecular formula is C24H29NO19. The number of piperidine rings is 1. The first-order valence-electron chi connectivity index (χ1n) is 12.0. The fraction of sp³-hybridized carbons (Fsp3) is 0.458. The first kappa shape index (κ1) is 33.9. The van der Waals surface area contributed by atoms with Gasteiger partial charge in [0.15, 0.2) is 11.5 Å². The number of ketones is 1. The maximum absolute atomic E-state index is 13.4. The minimum atomic E-state index is -5.79.